The first-order chi connectivity index (χ1) is 10.1. The van der Waals surface area contributed by atoms with E-state index in [0.717, 1.165) is 16.8 Å². The number of H-pyrrole nitrogens is 1. The topological polar surface area (TPSA) is 133 Å². The van der Waals surface area contributed by atoms with Gasteiger partial charge in [0.15, 0.2) is 17.1 Å². The second-order valence-corrected chi connectivity index (χ2v) is 4.68. The van der Waals surface area contributed by atoms with Crippen molar-refractivity contribution < 1.29 is 4.42 Å². The number of anilines is 2. The first-order valence-electron chi connectivity index (χ1n) is 6.26. The fourth-order valence-electron chi connectivity index (χ4n) is 2.37. The highest BCUT2D eigenvalue weighted by molar-refractivity contribution is 5.99. The molecule has 0 saturated heterocycles. The van der Waals surface area contributed by atoms with Crippen LogP contribution in [-0.4, -0.2) is 25.1 Å². The zero-order valence-corrected chi connectivity index (χ0v) is 11.1. The monoisotopic (exact) mass is 281 g/mol. The van der Waals surface area contributed by atoms with Gasteiger partial charge in [-0.25, -0.2) is 4.98 Å². The van der Waals surface area contributed by atoms with Crippen LogP contribution in [-0.2, 0) is 0 Å². The van der Waals surface area contributed by atoms with E-state index in [9.17, 15) is 0 Å². The molecular weight excluding hydrogens is 270 g/mol. The van der Waals surface area contributed by atoms with Gasteiger partial charge in [-0.3, -0.25) is 5.10 Å². The predicted octanol–water partition coefficient (Wildman–Crippen LogP) is 1.63. The normalized spacial score (nSPS) is 11.5. The van der Waals surface area contributed by atoms with Gasteiger partial charge in [-0.15, -0.1) is 0 Å². The van der Waals surface area contributed by atoms with Gasteiger partial charge in [0.1, 0.15) is 11.3 Å². The molecule has 0 aliphatic carbocycles. The number of nitrogen functional groups attached to an aromatic ring is 2. The van der Waals surface area contributed by atoms with Gasteiger partial charge < -0.3 is 15.9 Å². The Bertz CT molecular complexity index is 985. The number of rotatable bonds is 1. The van der Waals surface area contributed by atoms with Gasteiger partial charge in [0.05, 0.1) is 11.1 Å². The first-order valence-corrected chi connectivity index (χ1v) is 6.26. The molecule has 5 N–H and O–H groups in total. The molecule has 0 saturated carbocycles. The number of nitrogens with two attached hydrogens (primary N) is 2. The fourth-order valence-corrected chi connectivity index (χ4v) is 2.37. The molecule has 0 radical (unpaired) electrons. The number of aromatic amines is 1. The molecule has 0 spiro atoms. The van der Waals surface area contributed by atoms with Crippen molar-refractivity contribution in [3.05, 3.63) is 24.1 Å². The van der Waals surface area contributed by atoms with Crippen LogP contribution in [0.3, 0.4) is 0 Å². The standard InChI is InChI=1S/C13H11N7O/c1-5-16-7-3-2-6(4-8(7)21-5)10-9-11(14)17-13(15)18-12(9)20-19-10/h2-4H,1H3,(H5,14,15,17,18,19,20). The minimum absolute atomic E-state index is 0.0966. The van der Waals surface area contributed by atoms with Crippen LogP contribution in [0.25, 0.3) is 33.4 Å². The zero-order chi connectivity index (χ0) is 14.6. The third-order valence-corrected chi connectivity index (χ3v) is 3.24. The summed E-state index contributed by atoms with van der Waals surface area (Å²) in [6, 6.07) is 5.66. The van der Waals surface area contributed by atoms with Crippen molar-refractivity contribution in [2.45, 2.75) is 6.92 Å². The highest BCUT2D eigenvalue weighted by Crippen LogP contribution is 2.31. The predicted molar refractivity (Wildman–Crippen MR) is 78.2 cm³/mol. The minimum Gasteiger partial charge on any atom is -0.441 e. The molecule has 0 unspecified atom stereocenters. The number of fused-ring (bicyclic) bond motifs is 2. The van der Waals surface area contributed by atoms with E-state index < -0.39 is 0 Å². The van der Waals surface area contributed by atoms with Gasteiger partial charge in [-0.05, 0) is 12.1 Å². The number of benzene rings is 1. The Hall–Kier alpha value is -3.16. The van der Waals surface area contributed by atoms with Gasteiger partial charge in [0.25, 0.3) is 0 Å². The van der Waals surface area contributed by atoms with Crippen molar-refractivity contribution in [2.24, 2.45) is 0 Å². The van der Waals surface area contributed by atoms with E-state index in [4.69, 9.17) is 15.9 Å². The molecule has 8 heteroatoms. The summed E-state index contributed by atoms with van der Waals surface area (Å²) in [4.78, 5) is 12.3. The molecule has 0 fully saturated rings. The summed E-state index contributed by atoms with van der Waals surface area (Å²) in [7, 11) is 0. The molecule has 21 heavy (non-hydrogen) atoms. The van der Waals surface area contributed by atoms with Gasteiger partial charge in [-0.1, -0.05) is 6.07 Å². The molecular formula is C13H11N7O. The summed E-state index contributed by atoms with van der Waals surface area (Å²) in [6.07, 6.45) is 0. The van der Waals surface area contributed by atoms with E-state index >= 15 is 0 Å². The smallest absolute Gasteiger partial charge is 0.224 e. The summed E-state index contributed by atoms with van der Waals surface area (Å²) >= 11 is 0. The molecule has 104 valence electrons. The molecule has 8 nitrogen and oxygen atoms in total. The van der Waals surface area contributed by atoms with Crippen LogP contribution in [0.1, 0.15) is 5.89 Å². The molecule has 3 aromatic heterocycles. The van der Waals surface area contributed by atoms with Crippen LogP contribution in [0.15, 0.2) is 22.6 Å². The molecule has 0 bridgehead atoms. The number of hydrogen-bond acceptors (Lipinski definition) is 7. The van der Waals surface area contributed by atoms with Crippen LogP contribution in [0, 0.1) is 6.92 Å². The number of aromatic nitrogens is 5. The summed E-state index contributed by atoms with van der Waals surface area (Å²) in [6.45, 7) is 1.81. The zero-order valence-electron chi connectivity index (χ0n) is 11.1. The van der Waals surface area contributed by atoms with Crippen LogP contribution in [0.2, 0.25) is 0 Å². The Balaban J connectivity index is 1.99. The number of oxazole rings is 1. The lowest BCUT2D eigenvalue weighted by Gasteiger charge is -2.01. The molecule has 3 heterocycles. The van der Waals surface area contributed by atoms with Gasteiger partial charge >= 0.3 is 0 Å². The van der Waals surface area contributed by atoms with Crippen molar-refractivity contribution in [1.82, 2.24) is 25.1 Å². The number of nitrogens with one attached hydrogen (secondary N) is 1. The molecule has 4 rings (SSSR count). The maximum absolute atomic E-state index is 5.93. The third kappa shape index (κ3) is 1.69. The Labute approximate surface area is 118 Å². The summed E-state index contributed by atoms with van der Waals surface area (Å²) in [5.74, 6) is 1.00. The third-order valence-electron chi connectivity index (χ3n) is 3.24. The molecule has 0 aliphatic heterocycles. The van der Waals surface area contributed by atoms with E-state index in [1.54, 1.807) is 6.92 Å². The molecule has 0 atom stereocenters. The average Bonchev–Trinajstić information content (AvgIpc) is 2.99. The Kier molecular flexibility index (Phi) is 2.17. The Morgan fingerprint density at radius 3 is 2.86 bits per heavy atom. The van der Waals surface area contributed by atoms with Crippen molar-refractivity contribution in [1.29, 1.82) is 0 Å². The summed E-state index contributed by atoms with van der Waals surface area (Å²) in [5.41, 5.74) is 15.0. The van der Waals surface area contributed by atoms with Crippen LogP contribution in [0.5, 0.6) is 0 Å². The van der Waals surface area contributed by atoms with Crippen LogP contribution in [0.4, 0.5) is 11.8 Å². The lowest BCUT2D eigenvalue weighted by atomic mass is 10.1. The van der Waals surface area contributed by atoms with E-state index in [1.807, 2.05) is 18.2 Å². The molecule has 0 amide bonds. The second-order valence-electron chi connectivity index (χ2n) is 4.68. The minimum atomic E-state index is 0.0966. The summed E-state index contributed by atoms with van der Waals surface area (Å²) in [5, 5.41) is 7.68. The second kappa shape index (κ2) is 3.92. The number of nitrogens with zero attached hydrogens (tertiary/aromatic N) is 4. The quantitative estimate of drug-likeness (QED) is 0.483. The van der Waals surface area contributed by atoms with Crippen LogP contribution < -0.4 is 11.5 Å². The maximum atomic E-state index is 5.93. The highest BCUT2D eigenvalue weighted by atomic mass is 16.3. The SMILES string of the molecule is Cc1nc2ccc(-c3[nH]nc4nc(N)nc(N)c34)cc2o1. The van der Waals surface area contributed by atoms with Gasteiger partial charge in [0, 0.05) is 12.5 Å². The molecule has 1 aromatic carbocycles. The average molecular weight is 281 g/mol. The van der Waals surface area contributed by atoms with E-state index in [0.29, 0.717) is 22.5 Å². The van der Waals surface area contributed by atoms with Gasteiger partial charge in [0.2, 0.25) is 5.95 Å². The Morgan fingerprint density at radius 2 is 2.00 bits per heavy atom. The fraction of sp³-hybridized carbons (Fsp3) is 0.0769. The molecule has 4 aromatic rings. The maximum Gasteiger partial charge on any atom is 0.224 e. The van der Waals surface area contributed by atoms with Gasteiger partial charge in [-0.2, -0.15) is 15.1 Å². The Morgan fingerprint density at radius 1 is 1.14 bits per heavy atom. The lowest BCUT2D eigenvalue weighted by Crippen LogP contribution is -1.99. The first kappa shape index (κ1) is 11.6. The number of aryl methyl sites for hydroxylation is 1. The lowest BCUT2D eigenvalue weighted by molar-refractivity contribution is 0.561. The van der Waals surface area contributed by atoms with Crippen molar-refractivity contribution in [2.75, 3.05) is 11.5 Å². The van der Waals surface area contributed by atoms with Crippen molar-refractivity contribution in [3.63, 3.8) is 0 Å². The number of hydrogen-bond donors (Lipinski definition) is 3. The van der Waals surface area contributed by atoms with Crippen LogP contribution >= 0.6 is 0 Å². The highest BCUT2D eigenvalue weighted by Gasteiger charge is 2.15. The van der Waals surface area contributed by atoms with Crippen molar-refractivity contribution >= 4 is 33.9 Å². The van der Waals surface area contributed by atoms with E-state index in [-0.39, 0.29) is 11.8 Å². The molecule has 0 aliphatic rings. The largest absolute Gasteiger partial charge is 0.441 e. The summed E-state index contributed by atoms with van der Waals surface area (Å²) < 4.78 is 5.54. The van der Waals surface area contributed by atoms with Crippen molar-refractivity contribution in [3.8, 4) is 11.3 Å². The van der Waals surface area contributed by atoms with E-state index in [1.165, 1.54) is 0 Å². The van der Waals surface area contributed by atoms with E-state index in [2.05, 4.69) is 25.1 Å².